The van der Waals surface area contributed by atoms with Crippen LogP contribution in [0, 0.1) is 5.92 Å². The van der Waals surface area contributed by atoms with Gasteiger partial charge in [0.2, 0.25) is 0 Å². The molecule has 0 spiro atoms. The summed E-state index contributed by atoms with van der Waals surface area (Å²) in [4.78, 5) is 24.7. The lowest BCUT2D eigenvalue weighted by molar-refractivity contribution is 0.0931. The van der Waals surface area contributed by atoms with Gasteiger partial charge in [-0.1, -0.05) is 6.92 Å². The Hall–Kier alpha value is -1.05. The van der Waals surface area contributed by atoms with Gasteiger partial charge in [0.25, 0.3) is 5.91 Å². The number of piperazine rings is 1. The molecule has 7 heteroatoms. The number of hydrogen-bond acceptors (Lipinski definition) is 5. The highest BCUT2D eigenvalue weighted by molar-refractivity contribution is 9.10. The normalized spacial score (nSPS) is 18.4. The molecule has 0 aliphatic carbocycles. The lowest BCUT2D eigenvalue weighted by Gasteiger charge is -2.33. The molecule has 1 saturated heterocycles. The standard InChI is InChI=1S/C14H22BrN5O/c1-11(9-20-5-3-19(2)4-6-20)7-17-14(21)13-12(15)8-16-10-18-13/h8,10-11H,3-7,9H2,1-2H3,(H,17,21)/t11-/m0/s1. The molecule has 0 radical (unpaired) electrons. The van der Waals surface area contributed by atoms with Gasteiger partial charge in [0.1, 0.15) is 12.0 Å². The van der Waals surface area contributed by atoms with E-state index in [4.69, 9.17) is 0 Å². The van der Waals surface area contributed by atoms with Crippen molar-refractivity contribution in [3.63, 3.8) is 0 Å². The first-order valence-electron chi connectivity index (χ1n) is 7.21. The number of likely N-dealkylation sites (N-methyl/N-ethyl adjacent to an activating group) is 1. The lowest BCUT2D eigenvalue weighted by Crippen LogP contribution is -2.47. The van der Waals surface area contributed by atoms with E-state index in [1.165, 1.54) is 6.33 Å². The SMILES string of the molecule is C[C@@H](CNC(=O)c1ncncc1Br)CN1CCN(C)CC1. The number of aromatic nitrogens is 2. The largest absolute Gasteiger partial charge is 0.350 e. The van der Waals surface area contributed by atoms with Gasteiger partial charge < -0.3 is 15.1 Å². The highest BCUT2D eigenvalue weighted by atomic mass is 79.9. The van der Waals surface area contributed by atoms with Crippen LogP contribution >= 0.6 is 15.9 Å². The third kappa shape index (κ3) is 5.01. The van der Waals surface area contributed by atoms with Crippen LogP contribution in [0.5, 0.6) is 0 Å². The molecule has 1 fully saturated rings. The van der Waals surface area contributed by atoms with Gasteiger partial charge >= 0.3 is 0 Å². The van der Waals surface area contributed by atoms with Crippen molar-refractivity contribution in [1.29, 1.82) is 0 Å². The van der Waals surface area contributed by atoms with Gasteiger partial charge in [-0.25, -0.2) is 9.97 Å². The monoisotopic (exact) mass is 355 g/mol. The van der Waals surface area contributed by atoms with Crippen LogP contribution < -0.4 is 5.32 Å². The second-order valence-electron chi connectivity index (χ2n) is 5.64. The van der Waals surface area contributed by atoms with Crippen LogP contribution in [0.2, 0.25) is 0 Å². The highest BCUT2D eigenvalue weighted by Crippen LogP contribution is 2.11. The summed E-state index contributed by atoms with van der Waals surface area (Å²) in [6, 6.07) is 0. The summed E-state index contributed by atoms with van der Waals surface area (Å²) in [6.07, 6.45) is 2.96. The summed E-state index contributed by atoms with van der Waals surface area (Å²) < 4.78 is 0.620. The minimum atomic E-state index is -0.158. The minimum Gasteiger partial charge on any atom is -0.350 e. The second kappa shape index (κ2) is 7.82. The van der Waals surface area contributed by atoms with Gasteiger partial charge in [0, 0.05) is 45.5 Å². The lowest BCUT2D eigenvalue weighted by atomic mass is 10.1. The number of hydrogen-bond donors (Lipinski definition) is 1. The van der Waals surface area contributed by atoms with Crippen molar-refractivity contribution in [3.05, 3.63) is 22.7 Å². The number of rotatable bonds is 5. The van der Waals surface area contributed by atoms with Crippen LogP contribution in [-0.2, 0) is 0 Å². The van der Waals surface area contributed by atoms with Crippen LogP contribution in [-0.4, -0.2) is 72.0 Å². The molecular weight excluding hydrogens is 334 g/mol. The van der Waals surface area contributed by atoms with Crippen LogP contribution in [0.15, 0.2) is 17.0 Å². The number of carbonyl (C=O) groups is 1. The van der Waals surface area contributed by atoms with Crippen LogP contribution in [0.3, 0.4) is 0 Å². The number of nitrogens with one attached hydrogen (secondary N) is 1. The molecule has 1 amide bonds. The van der Waals surface area contributed by atoms with Crippen molar-refractivity contribution >= 4 is 21.8 Å². The summed E-state index contributed by atoms with van der Waals surface area (Å²) in [7, 11) is 2.15. The average molecular weight is 356 g/mol. The van der Waals surface area contributed by atoms with Crippen molar-refractivity contribution in [1.82, 2.24) is 25.1 Å². The van der Waals surface area contributed by atoms with E-state index in [0.29, 0.717) is 22.6 Å². The molecule has 6 nitrogen and oxygen atoms in total. The Morgan fingerprint density at radius 1 is 1.43 bits per heavy atom. The topological polar surface area (TPSA) is 61.4 Å². The molecule has 0 bridgehead atoms. The summed E-state index contributed by atoms with van der Waals surface area (Å²) in [5.74, 6) is 0.257. The Labute approximate surface area is 134 Å². The minimum absolute atomic E-state index is 0.158. The Bertz CT molecular complexity index is 476. The molecule has 2 rings (SSSR count). The van der Waals surface area contributed by atoms with Gasteiger partial charge in [-0.05, 0) is 28.9 Å². The number of nitrogens with zero attached hydrogens (tertiary/aromatic N) is 4. The fourth-order valence-electron chi connectivity index (χ4n) is 2.37. The van der Waals surface area contributed by atoms with E-state index < -0.39 is 0 Å². The molecule has 1 aromatic heterocycles. The maximum Gasteiger partial charge on any atom is 0.271 e. The van der Waals surface area contributed by atoms with Crippen LogP contribution in [0.25, 0.3) is 0 Å². The molecule has 0 aromatic carbocycles. The molecule has 1 atom stereocenters. The Morgan fingerprint density at radius 2 is 2.14 bits per heavy atom. The highest BCUT2D eigenvalue weighted by Gasteiger charge is 2.17. The third-order valence-corrected chi connectivity index (χ3v) is 4.24. The smallest absolute Gasteiger partial charge is 0.271 e. The van der Waals surface area contributed by atoms with E-state index in [-0.39, 0.29) is 5.91 Å². The van der Waals surface area contributed by atoms with Crippen molar-refractivity contribution in [2.24, 2.45) is 5.92 Å². The molecule has 116 valence electrons. The van der Waals surface area contributed by atoms with Crippen LogP contribution in [0.1, 0.15) is 17.4 Å². The first-order valence-corrected chi connectivity index (χ1v) is 8.00. The van der Waals surface area contributed by atoms with Gasteiger partial charge in [-0.2, -0.15) is 0 Å². The summed E-state index contributed by atoms with van der Waals surface area (Å²) in [5, 5.41) is 2.94. The Morgan fingerprint density at radius 3 is 2.81 bits per heavy atom. The van der Waals surface area contributed by atoms with Gasteiger partial charge in [-0.15, -0.1) is 0 Å². The van der Waals surface area contributed by atoms with Crippen molar-refractivity contribution in [2.75, 3.05) is 46.3 Å². The second-order valence-corrected chi connectivity index (χ2v) is 6.49. The zero-order chi connectivity index (χ0) is 15.2. The predicted octanol–water partition coefficient (Wildman–Crippen LogP) is 0.852. The Kier molecular flexibility index (Phi) is 6.08. The zero-order valence-corrected chi connectivity index (χ0v) is 14.1. The zero-order valence-electron chi connectivity index (χ0n) is 12.5. The Balaban J connectivity index is 1.75. The molecule has 0 unspecified atom stereocenters. The van der Waals surface area contributed by atoms with E-state index in [0.717, 1.165) is 32.7 Å². The van der Waals surface area contributed by atoms with Crippen molar-refractivity contribution in [2.45, 2.75) is 6.92 Å². The first kappa shape index (κ1) is 16.3. The first-order chi connectivity index (χ1) is 10.1. The number of amides is 1. The molecule has 21 heavy (non-hydrogen) atoms. The number of carbonyl (C=O) groups excluding carboxylic acids is 1. The summed E-state index contributed by atoms with van der Waals surface area (Å²) >= 11 is 3.29. The van der Waals surface area contributed by atoms with Gasteiger partial charge in [0.05, 0.1) is 4.47 Å². The fourth-order valence-corrected chi connectivity index (χ4v) is 2.77. The molecular formula is C14H22BrN5O. The molecule has 0 saturated carbocycles. The fraction of sp³-hybridized carbons (Fsp3) is 0.643. The molecule has 2 heterocycles. The van der Waals surface area contributed by atoms with Crippen molar-refractivity contribution < 1.29 is 4.79 Å². The third-order valence-electron chi connectivity index (χ3n) is 3.66. The van der Waals surface area contributed by atoms with E-state index >= 15 is 0 Å². The maximum atomic E-state index is 12.1. The number of halogens is 1. The molecule has 1 aliphatic heterocycles. The predicted molar refractivity (Wildman–Crippen MR) is 85.2 cm³/mol. The van der Waals surface area contributed by atoms with Gasteiger partial charge in [-0.3, -0.25) is 4.79 Å². The molecule has 1 N–H and O–H groups in total. The van der Waals surface area contributed by atoms with Crippen molar-refractivity contribution in [3.8, 4) is 0 Å². The van der Waals surface area contributed by atoms with Crippen LogP contribution in [0.4, 0.5) is 0 Å². The van der Waals surface area contributed by atoms with E-state index in [1.54, 1.807) is 6.20 Å². The summed E-state index contributed by atoms with van der Waals surface area (Å²) in [5.41, 5.74) is 0.386. The molecule has 1 aliphatic rings. The van der Waals surface area contributed by atoms with E-state index in [1.807, 2.05) is 0 Å². The van der Waals surface area contributed by atoms with E-state index in [2.05, 4.69) is 55.0 Å². The quantitative estimate of drug-likeness (QED) is 0.848. The summed E-state index contributed by atoms with van der Waals surface area (Å²) in [6.45, 7) is 8.27. The van der Waals surface area contributed by atoms with Gasteiger partial charge in [0.15, 0.2) is 0 Å². The van der Waals surface area contributed by atoms with E-state index in [9.17, 15) is 4.79 Å². The maximum absolute atomic E-state index is 12.1. The average Bonchev–Trinajstić information content (AvgIpc) is 2.48. The molecule has 1 aromatic rings.